The van der Waals surface area contributed by atoms with E-state index >= 15 is 4.39 Å². The molecule has 0 saturated carbocycles. The van der Waals surface area contributed by atoms with Crippen molar-refractivity contribution >= 4 is 17.4 Å². The first-order valence-corrected chi connectivity index (χ1v) is 12.0. The van der Waals surface area contributed by atoms with Gasteiger partial charge in [0.15, 0.2) is 0 Å². The summed E-state index contributed by atoms with van der Waals surface area (Å²) >= 11 is 0. The van der Waals surface area contributed by atoms with Gasteiger partial charge in [-0.1, -0.05) is 18.2 Å². The molecule has 10 heteroatoms. The van der Waals surface area contributed by atoms with Crippen LogP contribution in [0.15, 0.2) is 55.1 Å². The summed E-state index contributed by atoms with van der Waals surface area (Å²) in [5.74, 6) is 0.192. The molecule has 9 nitrogen and oxygen atoms in total. The van der Waals surface area contributed by atoms with E-state index in [4.69, 9.17) is 4.98 Å². The van der Waals surface area contributed by atoms with Crippen molar-refractivity contribution in [2.75, 3.05) is 38.1 Å². The molecular formula is C26H27FN8O. The van der Waals surface area contributed by atoms with Crippen LogP contribution in [0.4, 0.5) is 15.9 Å². The molecule has 6 rings (SSSR count). The number of allylic oxidation sites excluding steroid dienone is 1. The molecule has 4 aliphatic heterocycles. The molecule has 5 heterocycles. The zero-order chi connectivity index (χ0) is 24.8. The number of carbonyl (C=O) groups excluding carboxylic acids is 1. The van der Waals surface area contributed by atoms with Crippen LogP contribution in [-0.4, -0.2) is 68.8 Å². The number of amides is 1. The number of piperazine rings is 1. The summed E-state index contributed by atoms with van der Waals surface area (Å²) < 4.78 is 16.9. The summed E-state index contributed by atoms with van der Waals surface area (Å²) in [6, 6.07) is 7.02. The van der Waals surface area contributed by atoms with Gasteiger partial charge < -0.3 is 9.88 Å². The van der Waals surface area contributed by atoms with Gasteiger partial charge in [-0.25, -0.2) is 14.4 Å². The maximum Gasteiger partial charge on any atom is 0.265 e. The van der Waals surface area contributed by atoms with Crippen LogP contribution in [0.5, 0.6) is 0 Å². The van der Waals surface area contributed by atoms with Crippen LogP contribution in [0.25, 0.3) is 22.5 Å². The van der Waals surface area contributed by atoms with Crippen molar-refractivity contribution in [3.05, 3.63) is 72.1 Å². The first kappa shape index (κ1) is 22.4. The fourth-order valence-electron chi connectivity index (χ4n) is 4.81. The number of aromatic nitrogens is 4. The van der Waals surface area contributed by atoms with Crippen molar-refractivity contribution in [1.82, 2.24) is 35.1 Å². The average molecular weight is 487 g/mol. The third-order valence-corrected chi connectivity index (χ3v) is 6.82. The Morgan fingerprint density at radius 2 is 1.89 bits per heavy atom. The number of nitrogens with zero attached hydrogens (tertiary/aromatic N) is 6. The number of fused-ring (bicyclic) bond motifs is 3. The molecule has 2 N–H and O–H groups in total. The number of carbonyl (C=O) groups is 1. The van der Waals surface area contributed by atoms with E-state index < -0.39 is 5.82 Å². The van der Waals surface area contributed by atoms with E-state index in [1.165, 1.54) is 6.20 Å². The lowest BCUT2D eigenvalue weighted by atomic mass is 9.98. The number of likely N-dealkylation sites (N-methyl/N-ethyl adjacent to an activating group) is 1. The number of nitrogens with one attached hydrogen (secondary N) is 2. The van der Waals surface area contributed by atoms with Crippen LogP contribution in [0, 0.1) is 5.82 Å². The van der Waals surface area contributed by atoms with E-state index in [9.17, 15) is 4.79 Å². The van der Waals surface area contributed by atoms with Crippen LogP contribution >= 0.6 is 0 Å². The molecule has 0 bridgehead atoms. The number of aromatic amines is 1. The van der Waals surface area contributed by atoms with Crippen molar-refractivity contribution in [3.63, 3.8) is 0 Å². The first-order chi connectivity index (χ1) is 17.5. The number of hydrogen-bond acceptors (Lipinski definition) is 6. The number of halogens is 1. The number of pyridine rings is 1. The number of hydrazine groups is 1. The summed E-state index contributed by atoms with van der Waals surface area (Å²) in [7, 11) is 3.93. The number of aryl methyl sites for hydroxylation is 1. The van der Waals surface area contributed by atoms with Gasteiger partial charge in [-0.15, -0.1) is 0 Å². The van der Waals surface area contributed by atoms with Crippen molar-refractivity contribution in [1.29, 1.82) is 0 Å². The number of H-pyrrole nitrogens is 1. The quantitative estimate of drug-likeness (QED) is 0.461. The molecule has 0 atom stereocenters. The van der Waals surface area contributed by atoms with Crippen LogP contribution in [-0.2, 0) is 13.5 Å². The fraction of sp³-hybridized carbons (Fsp3) is 0.269. The summed E-state index contributed by atoms with van der Waals surface area (Å²) in [5, 5.41) is 6.21. The van der Waals surface area contributed by atoms with Crippen molar-refractivity contribution in [2.24, 2.45) is 7.05 Å². The van der Waals surface area contributed by atoms with Gasteiger partial charge in [0.1, 0.15) is 17.3 Å². The summed E-state index contributed by atoms with van der Waals surface area (Å²) in [4.78, 5) is 24.9. The molecule has 1 saturated heterocycles. The molecule has 36 heavy (non-hydrogen) atoms. The van der Waals surface area contributed by atoms with E-state index in [1.54, 1.807) is 35.1 Å². The Hall–Kier alpha value is -4.02. The highest BCUT2D eigenvalue weighted by Crippen LogP contribution is 2.43. The van der Waals surface area contributed by atoms with Crippen molar-refractivity contribution in [3.8, 4) is 22.5 Å². The second-order valence-electron chi connectivity index (χ2n) is 9.29. The van der Waals surface area contributed by atoms with E-state index in [1.807, 2.05) is 29.4 Å². The number of anilines is 2. The van der Waals surface area contributed by atoms with E-state index in [0.29, 0.717) is 28.8 Å². The molecule has 0 aliphatic carbocycles. The monoisotopic (exact) mass is 486 g/mol. The largest absolute Gasteiger partial charge is 0.357 e. The van der Waals surface area contributed by atoms with Crippen LogP contribution in [0.2, 0.25) is 0 Å². The third kappa shape index (κ3) is 3.94. The summed E-state index contributed by atoms with van der Waals surface area (Å²) in [6.07, 6.45) is 9.78. The predicted molar refractivity (Wildman–Crippen MR) is 135 cm³/mol. The van der Waals surface area contributed by atoms with Gasteiger partial charge in [0.2, 0.25) is 0 Å². The lowest BCUT2D eigenvalue weighted by Crippen LogP contribution is -2.52. The SMILES string of the molecule is CN1CCN(NC(=O)c2ccc(-c3c(F)c[nH]c4c5c(nc3-4)N(c3cnn(C)c3)C=CC5)cc2)CC1. The minimum Gasteiger partial charge on any atom is -0.357 e. The minimum absolute atomic E-state index is 0.168. The Balaban J connectivity index is 1.31. The van der Waals surface area contributed by atoms with Crippen LogP contribution in [0.1, 0.15) is 15.9 Å². The third-order valence-electron chi connectivity index (χ3n) is 6.82. The maximum absolute atomic E-state index is 15.2. The Morgan fingerprint density at radius 1 is 1.11 bits per heavy atom. The lowest BCUT2D eigenvalue weighted by molar-refractivity contribution is 0.0662. The Kier molecular flexibility index (Phi) is 5.54. The topological polar surface area (TPSA) is 85.3 Å². The molecule has 4 aliphatic rings. The Labute approximate surface area is 208 Å². The highest BCUT2D eigenvalue weighted by Gasteiger charge is 2.29. The fourth-order valence-corrected chi connectivity index (χ4v) is 4.81. The van der Waals surface area contributed by atoms with E-state index in [2.05, 4.69) is 33.5 Å². The van der Waals surface area contributed by atoms with Gasteiger partial charge in [-0.3, -0.25) is 19.8 Å². The Morgan fingerprint density at radius 3 is 2.61 bits per heavy atom. The highest BCUT2D eigenvalue weighted by molar-refractivity contribution is 5.95. The predicted octanol–water partition coefficient (Wildman–Crippen LogP) is 3.15. The molecule has 1 amide bonds. The van der Waals surface area contributed by atoms with Crippen molar-refractivity contribution < 1.29 is 9.18 Å². The second kappa shape index (κ2) is 8.89. The molecule has 0 unspecified atom stereocenters. The van der Waals surface area contributed by atoms with Gasteiger partial charge in [0.05, 0.1) is 17.6 Å². The molecule has 0 radical (unpaired) electrons. The molecular weight excluding hydrogens is 459 g/mol. The zero-order valence-electron chi connectivity index (χ0n) is 20.2. The Bertz CT molecular complexity index is 1410. The maximum atomic E-state index is 15.2. The van der Waals surface area contributed by atoms with Crippen LogP contribution < -0.4 is 10.3 Å². The van der Waals surface area contributed by atoms with Gasteiger partial charge in [0, 0.05) is 68.5 Å². The molecule has 1 aromatic carbocycles. The standard InChI is InChI=1S/C26H27FN8O/c1-32-10-12-34(13-11-32)31-26(36)18-7-5-17(6-8-18)22-21(27)15-28-23-20-4-3-9-35(25(20)30-24(22)23)19-14-29-33(2)16-19/h3,5-9,14-16,28H,4,10-13H2,1-2H3,(H,31,36). The van der Waals surface area contributed by atoms with Gasteiger partial charge in [-0.05, 0) is 31.2 Å². The van der Waals surface area contributed by atoms with Gasteiger partial charge in [0.25, 0.3) is 5.91 Å². The lowest BCUT2D eigenvalue weighted by Gasteiger charge is -2.32. The van der Waals surface area contributed by atoms with Crippen molar-refractivity contribution in [2.45, 2.75) is 6.42 Å². The number of benzene rings is 1. The molecule has 184 valence electrons. The van der Waals surface area contributed by atoms with E-state index in [-0.39, 0.29) is 5.91 Å². The molecule has 0 spiro atoms. The number of hydrogen-bond donors (Lipinski definition) is 2. The van der Waals surface area contributed by atoms with E-state index in [0.717, 1.165) is 48.9 Å². The molecule has 2 aromatic rings. The highest BCUT2D eigenvalue weighted by atomic mass is 19.1. The molecule has 1 fully saturated rings. The first-order valence-electron chi connectivity index (χ1n) is 12.0. The summed E-state index contributed by atoms with van der Waals surface area (Å²) in [5.41, 5.74) is 7.82. The number of rotatable bonds is 4. The van der Waals surface area contributed by atoms with Crippen LogP contribution in [0.3, 0.4) is 0 Å². The molecule has 1 aromatic heterocycles. The zero-order valence-corrected chi connectivity index (χ0v) is 20.2. The normalized spacial score (nSPS) is 16.5. The smallest absolute Gasteiger partial charge is 0.265 e. The second-order valence-corrected chi connectivity index (χ2v) is 9.29. The minimum atomic E-state index is -0.395. The average Bonchev–Trinajstić information content (AvgIpc) is 3.48. The summed E-state index contributed by atoms with van der Waals surface area (Å²) in [6.45, 7) is 3.37. The van der Waals surface area contributed by atoms with Gasteiger partial charge in [-0.2, -0.15) is 5.10 Å². The van der Waals surface area contributed by atoms with Gasteiger partial charge >= 0.3 is 0 Å².